The van der Waals surface area contributed by atoms with Gasteiger partial charge in [-0.1, -0.05) is 0 Å². The summed E-state index contributed by atoms with van der Waals surface area (Å²) >= 11 is 0. The molecule has 14 heavy (non-hydrogen) atoms. The Morgan fingerprint density at radius 1 is 1.07 bits per heavy atom. The molecule has 0 aromatic heterocycles. The molecule has 0 saturated heterocycles. The van der Waals surface area contributed by atoms with Gasteiger partial charge >= 0.3 is 15.5 Å². The highest BCUT2D eigenvalue weighted by Gasteiger charge is 2.49. The van der Waals surface area contributed by atoms with E-state index >= 15 is 0 Å². The van der Waals surface area contributed by atoms with Crippen molar-refractivity contribution in [1.82, 2.24) is 4.31 Å². The van der Waals surface area contributed by atoms with Crippen molar-refractivity contribution in [2.45, 2.75) is 5.51 Å². The van der Waals surface area contributed by atoms with Crippen molar-refractivity contribution < 1.29 is 31.8 Å². The molecule has 9 heteroatoms. The summed E-state index contributed by atoms with van der Waals surface area (Å²) in [6.45, 7) is -2.87. The predicted molar refractivity (Wildman–Crippen MR) is 40.7 cm³/mol. The molecule has 0 amide bonds. The second-order valence-electron chi connectivity index (χ2n) is 2.30. The fraction of sp³-hybridized carbons (Fsp3) is 1.00. The topological polar surface area (TPSA) is 77.8 Å². The van der Waals surface area contributed by atoms with Crippen LogP contribution < -0.4 is 0 Å². The number of aliphatic hydroxyl groups is 2. The number of nitrogens with zero attached hydrogens (tertiary/aromatic N) is 1. The van der Waals surface area contributed by atoms with Gasteiger partial charge in [-0.15, -0.1) is 0 Å². The molecule has 0 aliphatic carbocycles. The Morgan fingerprint density at radius 3 is 1.64 bits per heavy atom. The van der Waals surface area contributed by atoms with Crippen molar-refractivity contribution >= 4 is 10.0 Å². The summed E-state index contributed by atoms with van der Waals surface area (Å²) in [4.78, 5) is 0. The van der Waals surface area contributed by atoms with E-state index < -0.39 is 41.8 Å². The van der Waals surface area contributed by atoms with Gasteiger partial charge in [0.25, 0.3) is 0 Å². The molecule has 0 aromatic carbocycles. The Balaban J connectivity index is 4.81. The molecule has 0 bridgehead atoms. The largest absolute Gasteiger partial charge is 0.511 e. The van der Waals surface area contributed by atoms with E-state index in [-0.39, 0.29) is 4.31 Å². The third-order valence-electron chi connectivity index (χ3n) is 1.33. The van der Waals surface area contributed by atoms with E-state index in [2.05, 4.69) is 0 Å². The second kappa shape index (κ2) is 4.91. The standard InChI is InChI=1S/C5H10F3NO4S/c6-5(7,8)14(12,13)9(1-3-10)2-4-11/h10-11H,1-4H2. The van der Waals surface area contributed by atoms with Crippen molar-refractivity contribution in [2.75, 3.05) is 26.3 Å². The summed E-state index contributed by atoms with van der Waals surface area (Å²) in [5.74, 6) is 0. The molecule has 0 aromatic rings. The highest BCUT2D eigenvalue weighted by molar-refractivity contribution is 7.90. The Morgan fingerprint density at radius 2 is 1.43 bits per heavy atom. The molecule has 5 nitrogen and oxygen atoms in total. The minimum Gasteiger partial charge on any atom is -0.395 e. The zero-order chi connectivity index (χ0) is 11.4. The van der Waals surface area contributed by atoms with Crippen LogP contribution in [0, 0.1) is 0 Å². The summed E-state index contributed by atoms with van der Waals surface area (Å²) in [6, 6.07) is 0. The maximum atomic E-state index is 11.9. The Kier molecular flexibility index (Phi) is 4.78. The molecule has 0 saturated carbocycles. The monoisotopic (exact) mass is 237 g/mol. The number of halogens is 3. The molecule has 86 valence electrons. The van der Waals surface area contributed by atoms with Crippen molar-refractivity contribution in [1.29, 1.82) is 0 Å². The van der Waals surface area contributed by atoms with Gasteiger partial charge in [-0.2, -0.15) is 17.5 Å². The summed E-state index contributed by atoms with van der Waals surface area (Å²) < 4.78 is 57.2. The first-order valence-corrected chi connectivity index (χ1v) is 4.99. The molecule has 0 fully saturated rings. The van der Waals surface area contributed by atoms with E-state index in [0.29, 0.717) is 0 Å². The number of sulfonamides is 1. The molecule has 0 atom stereocenters. The van der Waals surface area contributed by atoms with Crippen LogP contribution in [0.5, 0.6) is 0 Å². The third kappa shape index (κ3) is 3.08. The van der Waals surface area contributed by atoms with Gasteiger partial charge in [-0.05, 0) is 0 Å². The van der Waals surface area contributed by atoms with E-state index in [1.165, 1.54) is 0 Å². The van der Waals surface area contributed by atoms with E-state index in [0.717, 1.165) is 0 Å². The van der Waals surface area contributed by atoms with Gasteiger partial charge in [0.1, 0.15) is 0 Å². The Hall–Kier alpha value is -0.380. The Labute approximate surface area is 78.8 Å². The molecule has 0 aliphatic heterocycles. The maximum absolute atomic E-state index is 11.9. The van der Waals surface area contributed by atoms with Gasteiger partial charge in [-0.3, -0.25) is 0 Å². The number of hydrogen-bond donors (Lipinski definition) is 2. The van der Waals surface area contributed by atoms with E-state index in [4.69, 9.17) is 10.2 Å². The summed E-state index contributed by atoms with van der Waals surface area (Å²) in [5.41, 5.74) is -5.41. The highest BCUT2D eigenvalue weighted by atomic mass is 32.2. The first kappa shape index (κ1) is 13.6. The van der Waals surface area contributed by atoms with Crippen LogP contribution in [0.25, 0.3) is 0 Å². The van der Waals surface area contributed by atoms with E-state index in [9.17, 15) is 21.6 Å². The summed E-state index contributed by atoms with van der Waals surface area (Å²) in [6.07, 6.45) is 0. The van der Waals surface area contributed by atoms with Crippen LogP contribution in [0.4, 0.5) is 13.2 Å². The van der Waals surface area contributed by atoms with Gasteiger partial charge in [-0.25, -0.2) is 8.42 Å². The number of rotatable bonds is 5. The summed E-state index contributed by atoms with van der Waals surface area (Å²) in [5, 5.41) is 16.7. The van der Waals surface area contributed by atoms with Crippen molar-refractivity contribution in [3.05, 3.63) is 0 Å². The van der Waals surface area contributed by atoms with E-state index in [1.807, 2.05) is 0 Å². The normalized spacial score (nSPS) is 13.6. The van der Waals surface area contributed by atoms with Crippen LogP contribution in [0.15, 0.2) is 0 Å². The fourth-order valence-corrected chi connectivity index (χ4v) is 1.66. The first-order valence-electron chi connectivity index (χ1n) is 3.55. The second-order valence-corrected chi connectivity index (χ2v) is 4.23. The maximum Gasteiger partial charge on any atom is 0.511 e. The van der Waals surface area contributed by atoms with Crippen LogP contribution >= 0.6 is 0 Å². The molecule has 0 radical (unpaired) electrons. The lowest BCUT2D eigenvalue weighted by Crippen LogP contribution is -2.43. The van der Waals surface area contributed by atoms with Gasteiger partial charge < -0.3 is 10.2 Å². The lowest BCUT2D eigenvalue weighted by atomic mass is 10.6. The molecule has 0 heterocycles. The van der Waals surface area contributed by atoms with Gasteiger partial charge in [0.15, 0.2) is 0 Å². The minimum atomic E-state index is -5.45. The average molecular weight is 237 g/mol. The predicted octanol–water partition coefficient (Wildman–Crippen LogP) is -0.877. The van der Waals surface area contributed by atoms with Crippen molar-refractivity contribution in [2.24, 2.45) is 0 Å². The molecule has 0 unspecified atom stereocenters. The fourth-order valence-electron chi connectivity index (χ4n) is 0.722. The molecule has 0 aliphatic rings. The van der Waals surface area contributed by atoms with Gasteiger partial charge in [0.05, 0.1) is 13.2 Å². The third-order valence-corrected chi connectivity index (χ3v) is 2.96. The van der Waals surface area contributed by atoms with Gasteiger partial charge in [0.2, 0.25) is 0 Å². The zero-order valence-corrected chi connectivity index (χ0v) is 7.85. The number of alkyl halides is 3. The summed E-state index contributed by atoms with van der Waals surface area (Å²) in [7, 11) is -5.45. The van der Waals surface area contributed by atoms with E-state index in [1.54, 1.807) is 0 Å². The first-order chi connectivity index (χ1) is 6.27. The number of hydrogen-bond acceptors (Lipinski definition) is 4. The molecule has 2 N–H and O–H groups in total. The zero-order valence-electron chi connectivity index (χ0n) is 7.03. The lowest BCUT2D eigenvalue weighted by Gasteiger charge is -2.21. The van der Waals surface area contributed by atoms with Crippen LogP contribution in [0.1, 0.15) is 0 Å². The van der Waals surface area contributed by atoms with Gasteiger partial charge in [0, 0.05) is 13.1 Å². The van der Waals surface area contributed by atoms with Crippen LogP contribution in [0.2, 0.25) is 0 Å². The van der Waals surface area contributed by atoms with Crippen LogP contribution in [-0.2, 0) is 10.0 Å². The number of aliphatic hydroxyl groups excluding tert-OH is 2. The molecular weight excluding hydrogens is 227 g/mol. The highest BCUT2D eigenvalue weighted by Crippen LogP contribution is 2.26. The van der Waals surface area contributed by atoms with Crippen molar-refractivity contribution in [3.63, 3.8) is 0 Å². The SMILES string of the molecule is O=S(=O)(N(CCO)CCO)C(F)(F)F. The molecule has 0 spiro atoms. The molecular formula is C5H10F3NO4S. The molecule has 0 rings (SSSR count). The van der Waals surface area contributed by atoms with Crippen molar-refractivity contribution in [3.8, 4) is 0 Å². The average Bonchev–Trinajstić information content (AvgIpc) is 2.02. The quantitative estimate of drug-likeness (QED) is 0.651. The smallest absolute Gasteiger partial charge is 0.395 e. The Bertz CT molecular complexity index is 257. The lowest BCUT2D eigenvalue weighted by molar-refractivity contribution is -0.0494. The minimum absolute atomic E-state index is 0.0208. The van der Waals surface area contributed by atoms with Crippen LogP contribution in [-0.4, -0.2) is 54.7 Å². The van der Waals surface area contributed by atoms with Crippen LogP contribution in [0.3, 0.4) is 0 Å².